The number of hydrogen-bond donors (Lipinski definition) is 0. The van der Waals surface area contributed by atoms with Crippen molar-refractivity contribution in [3.05, 3.63) is 26.3 Å². The first-order valence-electron chi connectivity index (χ1n) is 13.4. The molecule has 3 aromatic rings. The molecule has 2 fully saturated rings. The number of anilines is 1. The van der Waals surface area contributed by atoms with Gasteiger partial charge < -0.3 is 24.0 Å². The quantitative estimate of drug-likeness (QED) is 0.238. The van der Waals surface area contributed by atoms with Gasteiger partial charge in [0, 0.05) is 40.7 Å². The predicted octanol–water partition coefficient (Wildman–Crippen LogP) is 6.09. The number of fused-ring (bicyclic) bond motifs is 3. The fourth-order valence-corrected chi connectivity index (χ4v) is 6.52. The summed E-state index contributed by atoms with van der Waals surface area (Å²) in [5, 5.41) is 10.3. The summed E-state index contributed by atoms with van der Waals surface area (Å²) in [6.45, 7) is 9.68. The number of nitrogens with zero attached hydrogens (tertiary/aromatic N) is 7. The number of rotatable bonds is 4. The number of aromatic nitrogens is 3. The molecule has 12 heteroatoms. The number of ether oxygens (including phenoxy) is 1. The number of halogens is 3. The molecule has 40 heavy (non-hydrogen) atoms. The van der Waals surface area contributed by atoms with E-state index in [0.29, 0.717) is 40.6 Å². The highest BCUT2D eigenvalue weighted by atomic mass is 127. The Balaban J connectivity index is 1.59. The van der Waals surface area contributed by atoms with Crippen molar-refractivity contribution in [2.45, 2.75) is 70.2 Å². The Morgan fingerprint density at radius 3 is 2.67 bits per heavy atom. The van der Waals surface area contributed by atoms with Gasteiger partial charge in [0.25, 0.3) is 0 Å². The largest absolute Gasteiger partial charge is 0.444 e. The van der Waals surface area contributed by atoms with E-state index >= 15 is 4.39 Å². The van der Waals surface area contributed by atoms with Crippen LogP contribution in [0.15, 0.2) is 16.9 Å². The first-order chi connectivity index (χ1) is 18.7. The Kier molecular flexibility index (Phi) is 7.72. The summed E-state index contributed by atoms with van der Waals surface area (Å²) in [6, 6.07) is 3.86. The van der Waals surface area contributed by atoms with Gasteiger partial charge in [-0.1, -0.05) is 0 Å². The summed E-state index contributed by atoms with van der Waals surface area (Å²) in [5.41, 5.74) is 1.24. The van der Waals surface area contributed by atoms with Crippen LogP contribution < -0.4 is 4.90 Å². The van der Waals surface area contributed by atoms with E-state index in [1.807, 2.05) is 33.2 Å². The zero-order chi connectivity index (χ0) is 29.1. The number of carbonyl (C=O) groups is 1. The second kappa shape index (κ2) is 10.5. The van der Waals surface area contributed by atoms with Crippen molar-refractivity contribution >= 4 is 72.4 Å². The Hall–Kier alpha value is -2.24. The van der Waals surface area contributed by atoms with Crippen molar-refractivity contribution < 1.29 is 13.9 Å². The minimum Gasteiger partial charge on any atom is -0.444 e. The Morgan fingerprint density at radius 2 is 2.05 bits per heavy atom. The van der Waals surface area contributed by atoms with Crippen molar-refractivity contribution in [2.24, 2.45) is 0 Å². The minimum absolute atomic E-state index is 0.00424. The maximum Gasteiger partial charge on any atom is 0.410 e. The molecule has 1 amide bonds. The number of hydrogen-bond acceptors (Lipinski definition) is 7. The first-order valence-corrected chi connectivity index (χ1v) is 15.2. The molecule has 9 nitrogen and oxygen atoms in total. The molecule has 2 atom stereocenters. The van der Waals surface area contributed by atoms with E-state index in [4.69, 9.17) is 14.7 Å². The maximum atomic E-state index is 15.7. The molecule has 4 heterocycles. The van der Waals surface area contributed by atoms with Crippen LogP contribution in [0.4, 0.5) is 15.0 Å². The third kappa shape index (κ3) is 5.13. The van der Waals surface area contributed by atoms with Crippen molar-refractivity contribution in [2.75, 3.05) is 38.6 Å². The first kappa shape index (κ1) is 29.3. The fraction of sp³-hybridized carbons (Fsp3) is 0.571. The Bertz CT molecular complexity index is 1520. The Labute approximate surface area is 255 Å². The molecule has 2 aliphatic rings. The predicted molar refractivity (Wildman–Crippen MR) is 165 cm³/mol. The van der Waals surface area contributed by atoms with E-state index in [9.17, 15) is 10.1 Å². The minimum atomic E-state index is -0.622. The summed E-state index contributed by atoms with van der Waals surface area (Å²) in [5.74, 6) is 0.281. The summed E-state index contributed by atoms with van der Waals surface area (Å²) < 4.78 is 24.6. The van der Waals surface area contributed by atoms with Gasteiger partial charge in [-0.05, 0) is 99.2 Å². The molecule has 2 aromatic heterocycles. The van der Waals surface area contributed by atoms with Crippen molar-refractivity contribution in [3.8, 4) is 6.07 Å². The zero-order valence-corrected chi connectivity index (χ0v) is 27.4. The fourth-order valence-electron chi connectivity index (χ4n) is 5.67. The molecule has 2 aliphatic heterocycles. The molecule has 2 saturated heterocycles. The van der Waals surface area contributed by atoms with Crippen LogP contribution in [0.3, 0.4) is 0 Å². The average Bonchev–Trinajstić information content (AvgIpc) is 3.30. The molecule has 0 N–H and O–H groups in total. The smallest absolute Gasteiger partial charge is 0.410 e. The molecular formula is C28H34BrFIN7O2. The third-order valence-electron chi connectivity index (χ3n) is 8.09. The van der Waals surface area contributed by atoms with Gasteiger partial charge in [-0.15, -0.1) is 0 Å². The Morgan fingerprint density at radius 1 is 1.35 bits per heavy atom. The highest BCUT2D eigenvalue weighted by Crippen LogP contribution is 2.41. The lowest BCUT2D eigenvalue weighted by Gasteiger charge is -2.52. The van der Waals surface area contributed by atoms with Gasteiger partial charge in [0.2, 0.25) is 0 Å². The van der Waals surface area contributed by atoms with Crippen molar-refractivity contribution in [1.82, 2.24) is 24.3 Å². The van der Waals surface area contributed by atoms with Gasteiger partial charge in [-0.2, -0.15) is 5.26 Å². The number of carbonyl (C=O) groups excluding carboxylic acids is 1. The topological polar surface area (TPSA) is 90.5 Å². The van der Waals surface area contributed by atoms with E-state index in [0.717, 1.165) is 27.7 Å². The van der Waals surface area contributed by atoms with Crippen LogP contribution in [0.1, 0.15) is 53.0 Å². The molecule has 0 aliphatic carbocycles. The number of imidazole rings is 1. The summed E-state index contributed by atoms with van der Waals surface area (Å²) in [6.07, 6.45) is 2.83. The van der Waals surface area contributed by atoms with Gasteiger partial charge in [-0.25, -0.2) is 19.2 Å². The summed E-state index contributed by atoms with van der Waals surface area (Å²) >= 11 is 5.53. The molecule has 214 valence electrons. The van der Waals surface area contributed by atoms with Gasteiger partial charge >= 0.3 is 6.09 Å². The third-order valence-corrected chi connectivity index (χ3v) is 10.5. The number of likely N-dealkylation sites (tertiary alicyclic amines) is 1. The summed E-state index contributed by atoms with van der Waals surface area (Å²) in [7, 11) is 4.13. The highest BCUT2D eigenvalue weighted by molar-refractivity contribution is 14.1. The number of pyridine rings is 1. The van der Waals surface area contributed by atoms with Crippen molar-refractivity contribution in [1.29, 1.82) is 5.26 Å². The second-order valence-electron chi connectivity index (χ2n) is 12.3. The van der Waals surface area contributed by atoms with Gasteiger partial charge in [-0.3, -0.25) is 0 Å². The summed E-state index contributed by atoms with van der Waals surface area (Å²) in [4.78, 5) is 28.7. The van der Waals surface area contributed by atoms with E-state index < -0.39 is 17.5 Å². The lowest BCUT2D eigenvalue weighted by atomic mass is 9.90. The number of piperidine rings is 1. The standard InChI is InChI=1S/C28H34BrFIN7O2/c1-27(2,3)40-26(39)37-10-8-17(11-16(37)7-9-32)38-15-33-23-24(38)18-12-19(31)20(29)21(30)22(18)34-25(23)36-13-28(4,14-36)35(5)6/h12,15-17H,7-8,10-11,13-14H2,1-6H3/t16-,17+/m1/s1. The van der Waals surface area contributed by atoms with Crippen LogP contribution in [0.2, 0.25) is 0 Å². The van der Waals surface area contributed by atoms with Crippen molar-refractivity contribution in [3.63, 3.8) is 0 Å². The maximum absolute atomic E-state index is 15.7. The molecule has 0 spiro atoms. The van der Waals surface area contributed by atoms with Crippen LogP contribution in [-0.4, -0.2) is 81.3 Å². The lowest BCUT2D eigenvalue weighted by Crippen LogP contribution is -2.67. The number of benzene rings is 1. The van der Waals surface area contributed by atoms with E-state index in [2.05, 4.69) is 80.0 Å². The van der Waals surface area contributed by atoms with Crippen LogP contribution >= 0.6 is 38.5 Å². The van der Waals surface area contributed by atoms with E-state index in [-0.39, 0.29) is 24.0 Å². The SMILES string of the molecule is CN(C)C1(C)CN(c2nc3c(F)c(Br)c(I)cc3c3c2ncn3[C@H]2CCN(C(=O)OC(C)(C)C)[C@H](CC#N)C2)C1. The average molecular weight is 726 g/mol. The van der Waals surface area contributed by atoms with E-state index in [1.165, 1.54) is 0 Å². The van der Waals surface area contributed by atoms with E-state index in [1.54, 1.807) is 4.90 Å². The number of likely N-dealkylation sites (N-methyl/N-ethyl adjacent to an activating group) is 1. The van der Waals surface area contributed by atoms with Gasteiger partial charge in [0.1, 0.15) is 16.6 Å². The van der Waals surface area contributed by atoms with Crippen LogP contribution in [-0.2, 0) is 4.74 Å². The number of nitriles is 1. The highest BCUT2D eigenvalue weighted by Gasteiger charge is 2.43. The molecule has 0 bridgehead atoms. The van der Waals surface area contributed by atoms with Crippen LogP contribution in [0.5, 0.6) is 0 Å². The second-order valence-corrected chi connectivity index (χ2v) is 14.2. The normalized spacial score (nSPS) is 21.1. The molecule has 5 rings (SSSR count). The molecule has 0 unspecified atom stereocenters. The molecule has 0 saturated carbocycles. The zero-order valence-electron chi connectivity index (χ0n) is 23.6. The lowest BCUT2D eigenvalue weighted by molar-refractivity contribution is 0.00618. The van der Waals surface area contributed by atoms with Gasteiger partial charge in [0.05, 0.1) is 34.3 Å². The monoisotopic (exact) mass is 725 g/mol. The number of amides is 1. The molecule has 0 radical (unpaired) electrons. The molecule has 1 aromatic carbocycles. The van der Waals surface area contributed by atoms with Crippen LogP contribution in [0.25, 0.3) is 21.9 Å². The van der Waals surface area contributed by atoms with Gasteiger partial charge in [0.15, 0.2) is 11.6 Å². The molecular weight excluding hydrogens is 692 g/mol. The van der Waals surface area contributed by atoms with Crippen LogP contribution in [0, 0.1) is 20.7 Å².